The van der Waals surface area contributed by atoms with Crippen molar-refractivity contribution in [3.05, 3.63) is 59.9 Å². The Hall–Kier alpha value is -2.80. The molecule has 0 spiro atoms. The summed E-state index contributed by atoms with van der Waals surface area (Å²) >= 11 is 0. The lowest BCUT2D eigenvalue weighted by atomic mass is 10.1. The third-order valence-corrected chi connectivity index (χ3v) is 4.49. The number of hydrogen-bond donors (Lipinski definition) is 1. The van der Waals surface area contributed by atoms with Gasteiger partial charge in [0.1, 0.15) is 18.0 Å². The zero-order valence-corrected chi connectivity index (χ0v) is 13.9. The minimum Gasteiger partial charge on any atom is -0.376 e. The quantitative estimate of drug-likeness (QED) is 0.780. The number of carbonyl (C=O) groups is 1. The molecule has 1 unspecified atom stereocenters. The highest BCUT2D eigenvalue weighted by Gasteiger charge is 2.17. The molecule has 26 heavy (non-hydrogen) atoms. The van der Waals surface area contributed by atoms with E-state index < -0.39 is 11.6 Å². The number of carbonyl (C=O) groups excluding carboxylic acids is 1. The highest BCUT2D eigenvalue weighted by molar-refractivity contribution is 5.97. The normalized spacial score (nSPS) is 16.9. The second kappa shape index (κ2) is 6.84. The van der Waals surface area contributed by atoms with Crippen molar-refractivity contribution in [2.24, 2.45) is 0 Å². The molecular formula is C19H17F2N3O2. The fraction of sp³-hybridized carbons (Fsp3) is 0.263. The van der Waals surface area contributed by atoms with Crippen molar-refractivity contribution in [1.82, 2.24) is 14.9 Å². The van der Waals surface area contributed by atoms with Crippen LogP contribution in [0.25, 0.3) is 16.7 Å². The van der Waals surface area contributed by atoms with Gasteiger partial charge in [0.25, 0.3) is 5.91 Å². The number of benzene rings is 2. The summed E-state index contributed by atoms with van der Waals surface area (Å²) in [5.74, 6) is -1.52. The molecule has 5 nitrogen and oxygen atoms in total. The molecule has 1 aliphatic rings. The Morgan fingerprint density at radius 1 is 1.27 bits per heavy atom. The van der Waals surface area contributed by atoms with Crippen molar-refractivity contribution in [3.63, 3.8) is 0 Å². The van der Waals surface area contributed by atoms with Gasteiger partial charge in [0, 0.05) is 24.8 Å². The Balaban J connectivity index is 1.57. The molecule has 7 heteroatoms. The van der Waals surface area contributed by atoms with Gasteiger partial charge in [-0.05, 0) is 43.2 Å². The average molecular weight is 357 g/mol. The predicted octanol–water partition coefficient (Wildman–Crippen LogP) is 3.21. The topological polar surface area (TPSA) is 56.1 Å². The highest BCUT2D eigenvalue weighted by Crippen LogP contribution is 2.22. The lowest BCUT2D eigenvalue weighted by molar-refractivity contribution is 0.0858. The Morgan fingerprint density at radius 2 is 2.15 bits per heavy atom. The monoisotopic (exact) mass is 357 g/mol. The van der Waals surface area contributed by atoms with Gasteiger partial charge in [-0.15, -0.1) is 0 Å². The van der Waals surface area contributed by atoms with Crippen molar-refractivity contribution in [2.45, 2.75) is 18.9 Å². The summed E-state index contributed by atoms with van der Waals surface area (Å²) in [6.07, 6.45) is 3.50. The van der Waals surface area contributed by atoms with Gasteiger partial charge in [0.15, 0.2) is 0 Å². The smallest absolute Gasteiger partial charge is 0.251 e. The maximum absolute atomic E-state index is 14.0. The first kappa shape index (κ1) is 16.7. The maximum atomic E-state index is 14.0. The zero-order chi connectivity index (χ0) is 18.1. The molecule has 1 aromatic heterocycles. The number of hydrogen-bond acceptors (Lipinski definition) is 3. The van der Waals surface area contributed by atoms with Crippen molar-refractivity contribution in [1.29, 1.82) is 0 Å². The lowest BCUT2D eigenvalue weighted by Crippen LogP contribution is -2.31. The van der Waals surface area contributed by atoms with Crippen LogP contribution in [0.2, 0.25) is 0 Å². The van der Waals surface area contributed by atoms with E-state index in [1.54, 1.807) is 18.2 Å². The summed E-state index contributed by atoms with van der Waals surface area (Å²) in [6.45, 7) is 1.22. The molecular weight excluding hydrogens is 340 g/mol. The van der Waals surface area contributed by atoms with E-state index in [1.165, 1.54) is 23.0 Å². The second-order valence-corrected chi connectivity index (χ2v) is 6.26. The van der Waals surface area contributed by atoms with E-state index in [2.05, 4.69) is 10.3 Å². The average Bonchev–Trinajstić information content (AvgIpc) is 3.29. The van der Waals surface area contributed by atoms with Crippen molar-refractivity contribution >= 4 is 16.9 Å². The number of ether oxygens (including phenoxy) is 1. The molecule has 0 bridgehead atoms. The number of nitrogens with zero attached hydrogens (tertiary/aromatic N) is 2. The number of fused-ring (bicyclic) bond motifs is 1. The van der Waals surface area contributed by atoms with Crippen molar-refractivity contribution in [2.75, 3.05) is 13.2 Å². The van der Waals surface area contributed by atoms with E-state index >= 15 is 0 Å². The number of amides is 1. The van der Waals surface area contributed by atoms with E-state index in [-0.39, 0.29) is 17.7 Å². The fourth-order valence-electron chi connectivity index (χ4n) is 3.14. The molecule has 1 N–H and O–H groups in total. The van der Waals surface area contributed by atoms with Gasteiger partial charge in [0.05, 0.1) is 22.8 Å². The summed E-state index contributed by atoms with van der Waals surface area (Å²) in [5.41, 5.74) is 1.86. The molecule has 1 fully saturated rings. The fourth-order valence-corrected chi connectivity index (χ4v) is 3.14. The lowest BCUT2D eigenvalue weighted by Gasteiger charge is -2.11. The molecule has 134 valence electrons. The molecule has 1 atom stereocenters. The maximum Gasteiger partial charge on any atom is 0.251 e. The summed E-state index contributed by atoms with van der Waals surface area (Å²) in [4.78, 5) is 16.5. The van der Waals surface area contributed by atoms with Crippen LogP contribution in [0.5, 0.6) is 0 Å². The van der Waals surface area contributed by atoms with E-state index in [4.69, 9.17) is 4.74 Å². The third-order valence-electron chi connectivity index (χ3n) is 4.49. The van der Waals surface area contributed by atoms with Gasteiger partial charge in [-0.2, -0.15) is 0 Å². The first-order valence-electron chi connectivity index (χ1n) is 8.44. The van der Waals surface area contributed by atoms with E-state index in [0.29, 0.717) is 23.1 Å². The number of nitrogens with one attached hydrogen (secondary N) is 1. The first-order valence-corrected chi connectivity index (χ1v) is 8.44. The molecule has 1 aliphatic heterocycles. The molecule has 3 aromatic rings. The highest BCUT2D eigenvalue weighted by atomic mass is 19.1. The summed E-state index contributed by atoms with van der Waals surface area (Å²) in [6, 6.07) is 8.39. The standard InChI is InChI=1S/C19H17F2N3O2/c20-13-4-6-17(15(21)9-13)24-11-23-16-8-12(3-5-18(16)24)19(25)22-10-14-2-1-7-26-14/h3-6,8-9,11,14H,1-2,7,10H2,(H,22,25). The number of aromatic nitrogens is 2. The van der Waals surface area contributed by atoms with Gasteiger partial charge < -0.3 is 10.1 Å². The number of halogens is 2. The molecule has 2 heterocycles. The van der Waals surface area contributed by atoms with E-state index in [0.717, 1.165) is 25.5 Å². The van der Waals surface area contributed by atoms with Crippen LogP contribution in [0.4, 0.5) is 8.78 Å². The van der Waals surface area contributed by atoms with Crippen LogP contribution in [-0.2, 0) is 4.74 Å². The Labute approximate surface area is 148 Å². The summed E-state index contributed by atoms with van der Waals surface area (Å²) < 4.78 is 34.2. The van der Waals surface area contributed by atoms with E-state index in [9.17, 15) is 13.6 Å². The molecule has 0 saturated carbocycles. The van der Waals surface area contributed by atoms with E-state index in [1.807, 2.05) is 0 Å². The van der Waals surface area contributed by atoms with Crippen LogP contribution in [0, 0.1) is 11.6 Å². The largest absolute Gasteiger partial charge is 0.376 e. The third kappa shape index (κ3) is 3.17. The van der Waals surface area contributed by atoms with Crippen LogP contribution in [0.3, 0.4) is 0 Å². The van der Waals surface area contributed by atoms with Crippen LogP contribution < -0.4 is 5.32 Å². The molecule has 1 saturated heterocycles. The SMILES string of the molecule is O=C(NCC1CCCO1)c1ccc2c(c1)ncn2-c1ccc(F)cc1F. The zero-order valence-electron chi connectivity index (χ0n) is 13.9. The molecule has 0 radical (unpaired) electrons. The summed E-state index contributed by atoms with van der Waals surface area (Å²) in [7, 11) is 0. The van der Waals surface area contributed by atoms with Crippen LogP contribution in [0.15, 0.2) is 42.7 Å². The van der Waals surface area contributed by atoms with Gasteiger partial charge >= 0.3 is 0 Å². The van der Waals surface area contributed by atoms with Crippen LogP contribution >= 0.6 is 0 Å². The molecule has 0 aliphatic carbocycles. The van der Waals surface area contributed by atoms with Gasteiger partial charge in [-0.1, -0.05) is 0 Å². The first-order chi connectivity index (χ1) is 12.6. The van der Waals surface area contributed by atoms with Crippen LogP contribution in [0.1, 0.15) is 23.2 Å². The Kier molecular flexibility index (Phi) is 4.38. The predicted molar refractivity (Wildman–Crippen MR) is 92.3 cm³/mol. The van der Waals surface area contributed by atoms with Crippen molar-refractivity contribution in [3.8, 4) is 5.69 Å². The van der Waals surface area contributed by atoms with Gasteiger partial charge in [0.2, 0.25) is 0 Å². The molecule has 4 rings (SSSR count). The second-order valence-electron chi connectivity index (χ2n) is 6.26. The Morgan fingerprint density at radius 3 is 2.92 bits per heavy atom. The minimum absolute atomic E-state index is 0.0725. The number of rotatable bonds is 4. The molecule has 2 aromatic carbocycles. The van der Waals surface area contributed by atoms with Gasteiger partial charge in [-0.3, -0.25) is 9.36 Å². The summed E-state index contributed by atoms with van der Waals surface area (Å²) in [5, 5.41) is 2.86. The molecule has 1 amide bonds. The number of imidazole rings is 1. The minimum atomic E-state index is -0.678. The van der Waals surface area contributed by atoms with Crippen molar-refractivity contribution < 1.29 is 18.3 Å². The van der Waals surface area contributed by atoms with Gasteiger partial charge in [-0.25, -0.2) is 13.8 Å². The van der Waals surface area contributed by atoms with Crippen LogP contribution in [-0.4, -0.2) is 34.7 Å². The Bertz CT molecular complexity index is 965.